The van der Waals surface area contributed by atoms with Crippen molar-refractivity contribution in [3.05, 3.63) is 47.0 Å². The van der Waals surface area contributed by atoms with Crippen molar-refractivity contribution in [2.24, 2.45) is 5.92 Å². The van der Waals surface area contributed by atoms with E-state index in [1.54, 1.807) is 24.3 Å². The number of aliphatic hydroxyl groups is 1. The Balaban J connectivity index is 1.88. The third-order valence-corrected chi connectivity index (χ3v) is 5.62. The molecule has 3 rings (SSSR count). The van der Waals surface area contributed by atoms with Crippen LogP contribution in [0.25, 0.3) is 0 Å². The van der Waals surface area contributed by atoms with Crippen molar-refractivity contribution in [2.75, 3.05) is 13.1 Å². The third-order valence-electron chi connectivity index (χ3n) is 5.62. The lowest BCUT2D eigenvalue weighted by Gasteiger charge is -2.32. The molecule has 1 aliphatic carbocycles. The molecule has 0 radical (unpaired) electrons. The van der Waals surface area contributed by atoms with Crippen LogP contribution < -0.4 is 5.32 Å². The van der Waals surface area contributed by atoms with Crippen LogP contribution in [0.1, 0.15) is 43.2 Å². The highest BCUT2D eigenvalue weighted by Gasteiger charge is 2.54. The van der Waals surface area contributed by atoms with E-state index in [1.807, 2.05) is 0 Å². The number of rotatable bonds is 6. The second-order valence-corrected chi connectivity index (χ2v) is 7.34. The minimum absolute atomic E-state index is 0.000949. The number of benzene rings is 1. The number of alkyl halides is 2. The van der Waals surface area contributed by atoms with Gasteiger partial charge in [0, 0.05) is 25.3 Å². The molecular formula is C20H25F2NO3. The summed E-state index contributed by atoms with van der Waals surface area (Å²) in [5.41, 5.74) is -0.0134. The van der Waals surface area contributed by atoms with Crippen LogP contribution in [-0.4, -0.2) is 35.2 Å². The number of nitrogens with one attached hydrogen (secondary N) is 1. The summed E-state index contributed by atoms with van der Waals surface area (Å²) in [7, 11) is 0. The topological polar surface area (TPSA) is 69.6 Å². The summed E-state index contributed by atoms with van der Waals surface area (Å²) < 4.78 is 27.4. The normalized spacial score (nSPS) is 24.7. The van der Waals surface area contributed by atoms with Gasteiger partial charge in [0.2, 0.25) is 5.92 Å². The van der Waals surface area contributed by atoms with Crippen molar-refractivity contribution in [3.8, 4) is 0 Å². The van der Waals surface area contributed by atoms with Crippen molar-refractivity contribution >= 4 is 5.97 Å². The Morgan fingerprint density at radius 3 is 2.69 bits per heavy atom. The molecule has 1 saturated carbocycles. The van der Waals surface area contributed by atoms with Crippen LogP contribution in [-0.2, 0) is 16.8 Å². The highest BCUT2D eigenvalue weighted by Crippen LogP contribution is 2.48. The molecule has 0 spiro atoms. The zero-order valence-electron chi connectivity index (χ0n) is 14.7. The standard InChI is InChI=1S/C20H25F2NO3/c21-19(22)10-7-16(13-19)20(26,18(24)25)17-4-2-1-3-15(17)6-5-14-8-11-23-12-9-14/h1-4,8,16,23,26H,5-7,9-13H2,(H,24,25)/t16-,20-/m1/s1. The Morgan fingerprint density at radius 2 is 2.08 bits per heavy atom. The van der Waals surface area contributed by atoms with Gasteiger partial charge in [-0.15, -0.1) is 0 Å². The highest BCUT2D eigenvalue weighted by atomic mass is 19.3. The first kappa shape index (κ1) is 19.0. The molecule has 1 heterocycles. The number of aryl methyl sites for hydroxylation is 1. The Hall–Kier alpha value is -1.79. The molecule has 26 heavy (non-hydrogen) atoms. The van der Waals surface area contributed by atoms with Gasteiger partial charge in [-0.2, -0.15) is 0 Å². The molecule has 4 nitrogen and oxygen atoms in total. The molecule has 2 aliphatic rings. The minimum atomic E-state index is -2.91. The lowest BCUT2D eigenvalue weighted by Crippen LogP contribution is -2.43. The maximum atomic E-state index is 13.7. The average molecular weight is 365 g/mol. The third kappa shape index (κ3) is 3.81. The fourth-order valence-electron chi connectivity index (χ4n) is 4.12. The molecule has 1 aromatic carbocycles. The first-order valence-electron chi connectivity index (χ1n) is 9.13. The fraction of sp³-hybridized carbons (Fsp3) is 0.550. The van der Waals surface area contributed by atoms with Crippen molar-refractivity contribution in [3.63, 3.8) is 0 Å². The van der Waals surface area contributed by atoms with Crippen LogP contribution in [0.15, 0.2) is 35.9 Å². The first-order valence-corrected chi connectivity index (χ1v) is 9.13. The van der Waals surface area contributed by atoms with Crippen LogP contribution in [0, 0.1) is 5.92 Å². The molecule has 0 unspecified atom stereocenters. The zero-order valence-corrected chi connectivity index (χ0v) is 14.7. The van der Waals surface area contributed by atoms with Gasteiger partial charge in [-0.05, 0) is 43.4 Å². The second kappa shape index (κ2) is 7.45. The number of carbonyl (C=O) groups is 1. The van der Waals surface area contributed by atoms with Crippen molar-refractivity contribution < 1.29 is 23.8 Å². The lowest BCUT2D eigenvalue weighted by atomic mass is 9.77. The number of hydrogen-bond acceptors (Lipinski definition) is 3. The van der Waals surface area contributed by atoms with E-state index in [2.05, 4.69) is 11.4 Å². The average Bonchev–Trinajstić information content (AvgIpc) is 3.00. The van der Waals surface area contributed by atoms with Crippen LogP contribution in [0.4, 0.5) is 8.78 Å². The van der Waals surface area contributed by atoms with E-state index >= 15 is 0 Å². The van der Waals surface area contributed by atoms with Gasteiger partial charge in [0.15, 0.2) is 5.60 Å². The largest absolute Gasteiger partial charge is 0.479 e. The van der Waals surface area contributed by atoms with Gasteiger partial charge >= 0.3 is 5.97 Å². The first-order chi connectivity index (χ1) is 12.3. The van der Waals surface area contributed by atoms with Crippen LogP contribution >= 0.6 is 0 Å². The smallest absolute Gasteiger partial charge is 0.340 e. The van der Waals surface area contributed by atoms with Gasteiger partial charge < -0.3 is 15.5 Å². The molecule has 6 heteroatoms. The molecule has 0 aromatic heterocycles. The highest BCUT2D eigenvalue weighted by molar-refractivity contribution is 5.80. The number of halogens is 2. The molecule has 0 bridgehead atoms. The number of hydrogen-bond donors (Lipinski definition) is 3. The summed E-state index contributed by atoms with van der Waals surface area (Å²) in [6.07, 6.45) is 3.46. The van der Waals surface area contributed by atoms with Gasteiger partial charge in [0.05, 0.1) is 0 Å². The molecule has 1 aliphatic heterocycles. The molecule has 142 valence electrons. The summed E-state index contributed by atoms with van der Waals surface area (Å²) >= 11 is 0. The van der Waals surface area contributed by atoms with Crippen molar-refractivity contribution in [1.82, 2.24) is 5.32 Å². The van der Waals surface area contributed by atoms with E-state index < -0.39 is 29.8 Å². The zero-order chi connectivity index (χ0) is 18.8. The Kier molecular flexibility index (Phi) is 5.44. The summed E-state index contributed by atoms with van der Waals surface area (Å²) in [5.74, 6) is -5.36. The summed E-state index contributed by atoms with van der Waals surface area (Å²) in [6, 6.07) is 6.81. The molecule has 3 N–H and O–H groups in total. The van der Waals surface area contributed by atoms with E-state index in [1.165, 1.54) is 5.57 Å². The number of aliphatic carboxylic acids is 1. The SMILES string of the molecule is O=C(O)[C@](O)(c1ccccc1CCC1=CCNCC1)[C@@H]1CCC(F)(F)C1. The van der Waals surface area contributed by atoms with Crippen LogP contribution in [0.5, 0.6) is 0 Å². The minimum Gasteiger partial charge on any atom is -0.479 e. The number of carboxylic acid groups (broad SMARTS) is 1. The van der Waals surface area contributed by atoms with Gasteiger partial charge in [-0.3, -0.25) is 0 Å². The Bertz CT molecular complexity index is 704. The molecular weight excluding hydrogens is 340 g/mol. The molecule has 2 atom stereocenters. The molecule has 0 amide bonds. The van der Waals surface area contributed by atoms with E-state index in [-0.39, 0.29) is 18.4 Å². The van der Waals surface area contributed by atoms with Crippen molar-refractivity contribution in [1.29, 1.82) is 0 Å². The monoisotopic (exact) mass is 365 g/mol. The maximum absolute atomic E-state index is 13.7. The summed E-state index contributed by atoms with van der Waals surface area (Å²) in [4.78, 5) is 12.0. The van der Waals surface area contributed by atoms with E-state index in [9.17, 15) is 23.8 Å². The van der Waals surface area contributed by atoms with E-state index in [0.29, 0.717) is 12.0 Å². The Labute approximate surface area is 151 Å². The summed E-state index contributed by atoms with van der Waals surface area (Å²) in [5, 5.41) is 24.0. The van der Waals surface area contributed by atoms with Crippen molar-refractivity contribution in [2.45, 2.75) is 50.0 Å². The lowest BCUT2D eigenvalue weighted by molar-refractivity contribution is -0.167. The molecule has 1 aromatic rings. The fourth-order valence-corrected chi connectivity index (χ4v) is 4.12. The molecule has 0 saturated heterocycles. The van der Waals surface area contributed by atoms with E-state index in [0.717, 1.165) is 25.9 Å². The van der Waals surface area contributed by atoms with E-state index in [4.69, 9.17) is 0 Å². The van der Waals surface area contributed by atoms with Gasteiger partial charge in [-0.1, -0.05) is 35.9 Å². The summed E-state index contributed by atoms with van der Waals surface area (Å²) in [6.45, 7) is 1.75. The predicted octanol–water partition coefficient (Wildman–Crippen LogP) is 3.25. The molecule has 1 fully saturated rings. The van der Waals surface area contributed by atoms with Crippen LogP contribution in [0.2, 0.25) is 0 Å². The second-order valence-electron chi connectivity index (χ2n) is 7.34. The quantitative estimate of drug-likeness (QED) is 0.677. The Morgan fingerprint density at radius 1 is 1.31 bits per heavy atom. The van der Waals surface area contributed by atoms with Gasteiger partial charge in [0.1, 0.15) is 0 Å². The number of carboxylic acids is 1. The maximum Gasteiger partial charge on any atom is 0.340 e. The van der Waals surface area contributed by atoms with Crippen LogP contribution in [0.3, 0.4) is 0 Å². The van der Waals surface area contributed by atoms with Gasteiger partial charge in [0.25, 0.3) is 0 Å². The predicted molar refractivity (Wildman–Crippen MR) is 94.2 cm³/mol. The van der Waals surface area contributed by atoms with Gasteiger partial charge in [-0.25, -0.2) is 13.6 Å².